The quantitative estimate of drug-likeness (QED) is 0.275. The van der Waals surface area contributed by atoms with Gasteiger partial charge in [-0.1, -0.05) is 48.5 Å². The molecule has 4 nitrogen and oxygen atoms in total. The van der Waals surface area contributed by atoms with Crippen molar-refractivity contribution in [2.75, 3.05) is 45.8 Å². The second-order valence-electron chi connectivity index (χ2n) is 12.8. The van der Waals surface area contributed by atoms with Crippen LogP contribution in [0.25, 0.3) is 0 Å². The maximum atomic E-state index is 13.5. The Morgan fingerprint density at radius 3 is 2.04 bits per heavy atom. The number of benzene rings is 2. The summed E-state index contributed by atoms with van der Waals surface area (Å²) in [5.41, 5.74) is -2.73. The molecule has 3 aliphatic rings. The fourth-order valence-electron chi connectivity index (χ4n) is 7.33. The summed E-state index contributed by atoms with van der Waals surface area (Å²) in [6.45, 7) is 5.40. The summed E-state index contributed by atoms with van der Waals surface area (Å²) in [6, 6.07) is 7.48. The summed E-state index contributed by atoms with van der Waals surface area (Å²) in [5.74, 6) is -0.507. The van der Waals surface area contributed by atoms with Gasteiger partial charge in [-0.15, -0.1) is 0 Å². The molecular formula is C33H39Cl2F6N3O. The minimum atomic E-state index is -4.98. The van der Waals surface area contributed by atoms with Crippen molar-refractivity contribution in [3.05, 3.63) is 68.7 Å². The monoisotopic (exact) mass is 677 g/mol. The van der Waals surface area contributed by atoms with Crippen molar-refractivity contribution in [3.8, 4) is 0 Å². The molecule has 0 N–H and O–H groups in total. The zero-order valence-electron chi connectivity index (χ0n) is 25.1. The van der Waals surface area contributed by atoms with Gasteiger partial charge in [0.25, 0.3) is 0 Å². The fraction of sp³-hybridized carbons (Fsp3) is 0.606. The highest BCUT2D eigenvalue weighted by molar-refractivity contribution is 6.42. The Balaban J connectivity index is 1.32. The van der Waals surface area contributed by atoms with Gasteiger partial charge in [0.2, 0.25) is 5.91 Å². The maximum Gasteiger partial charge on any atom is 0.416 e. The van der Waals surface area contributed by atoms with E-state index >= 15 is 0 Å². The van der Waals surface area contributed by atoms with Crippen LogP contribution in [0.15, 0.2) is 36.4 Å². The highest BCUT2D eigenvalue weighted by atomic mass is 35.5. The van der Waals surface area contributed by atoms with Gasteiger partial charge in [0, 0.05) is 50.7 Å². The number of hydrogen-bond acceptors (Lipinski definition) is 3. The van der Waals surface area contributed by atoms with E-state index in [0.717, 1.165) is 51.1 Å². The van der Waals surface area contributed by atoms with Gasteiger partial charge in [-0.3, -0.25) is 9.69 Å². The van der Waals surface area contributed by atoms with E-state index in [0.29, 0.717) is 41.2 Å². The lowest BCUT2D eigenvalue weighted by Gasteiger charge is -2.46. The molecular weight excluding hydrogens is 639 g/mol. The number of piperazine rings is 1. The van der Waals surface area contributed by atoms with E-state index in [-0.39, 0.29) is 18.2 Å². The number of amides is 1. The van der Waals surface area contributed by atoms with E-state index < -0.39 is 41.2 Å². The SMILES string of the molecule is O=C(Cc1cc(C(F)(F)F)cc(C(F)(F)F)c1)N1CCCC(CCN2CCN(C3CCCCC3)CC2)(c2ccc(Cl)c(Cl)c2)C1. The van der Waals surface area contributed by atoms with Crippen LogP contribution in [-0.2, 0) is 29.0 Å². The Hall–Kier alpha value is -2.01. The molecule has 0 radical (unpaired) electrons. The van der Waals surface area contributed by atoms with Crippen molar-refractivity contribution in [3.63, 3.8) is 0 Å². The first-order valence-electron chi connectivity index (χ1n) is 15.7. The fourth-order valence-corrected chi connectivity index (χ4v) is 7.63. The first-order valence-corrected chi connectivity index (χ1v) is 16.5. The van der Waals surface area contributed by atoms with Crippen molar-refractivity contribution >= 4 is 29.1 Å². The Morgan fingerprint density at radius 2 is 1.44 bits per heavy atom. The molecule has 2 aliphatic heterocycles. The number of rotatable bonds is 7. The van der Waals surface area contributed by atoms with Crippen LogP contribution < -0.4 is 0 Å². The predicted molar refractivity (Wildman–Crippen MR) is 164 cm³/mol. The van der Waals surface area contributed by atoms with Gasteiger partial charge in [-0.05, 0) is 80.1 Å². The lowest BCUT2D eigenvalue weighted by atomic mass is 9.71. The Kier molecular flexibility index (Phi) is 10.7. The molecule has 2 saturated heterocycles. The molecule has 2 heterocycles. The number of nitrogens with zero attached hydrogens (tertiary/aromatic N) is 3. The van der Waals surface area contributed by atoms with E-state index in [1.54, 1.807) is 11.0 Å². The first-order chi connectivity index (χ1) is 21.2. The van der Waals surface area contributed by atoms with Crippen LogP contribution in [0.5, 0.6) is 0 Å². The molecule has 1 aliphatic carbocycles. The van der Waals surface area contributed by atoms with E-state index in [1.807, 2.05) is 12.1 Å². The van der Waals surface area contributed by atoms with Gasteiger partial charge in [0.15, 0.2) is 0 Å². The zero-order valence-corrected chi connectivity index (χ0v) is 26.6. The van der Waals surface area contributed by atoms with Crippen LogP contribution >= 0.6 is 23.2 Å². The summed E-state index contributed by atoms with van der Waals surface area (Å²) in [7, 11) is 0. The van der Waals surface area contributed by atoms with Gasteiger partial charge in [0.1, 0.15) is 0 Å². The molecule has 1 amide bonds. The molecule has 5 rings (SSSR count). The first kappa shape index (κ1) is 34.3. The third-order valence-electron chi connectivity index (χ3n) is 9.87. The Bertz CT molecular complexity index is 1310. The number of likely N-dealkylation sites (tertiary alicyclic amines) is 1. The van der Waals surface area contributed by atoms with Crippen LogP contribution in [0.2, 0.25) is 10.0 Å². The zero-order chi connectivity index (χ0) is 32.4. The molecule has 0 aromatic heterocycles. The van der Waals surface area contributed by atoms with Crippen molar-refractivity contribution in [1.82, 2.24) is 14.7 Å². The topological polar surface area (TPSA) is 26.8 Å². The number of halogens is 8. The van der Waals surface area contributed by atoms with E-state index in [2.05, 4.69) is 9.80 Å². The average molecular weight is 679 g/mol. The summed E-state index contributed by atoms with van der Waals surface area (Å²) in [5, 5.41) is 0.796. The average Bonchev–Trinajstić information content (AvgIpc) is 3.01. The van der Waals surface area contributed by atoms with E-state index in [9.17, 15) is 31.1 Å². The number of alkyl halides is 6. The lowest BCUT2D eigenvalue weighted by Crippen LogP contribution is -2.53. The predicted octanol–water partition coefficient (Wildman–Crippen LogP) is 8.47. The minimum Gasteiger partial charge on any atom is -0.342 e. The van der Waals surface area contributed by atoms with Crippen molar-refractivity contribution in [2.45, 2.75) is 81.6 Å². The smallest absolute Gasteiger partial charge is 0.342 e. The Labute approximate surface area is 270 Å². The van der Waals surface area contributed by atoms with Gasteiger partial charge < -0.3 is 9.80 Å². The van der Waals surface area contributed by atoms with Crippen LogP contribution in [0, 0.1) is 0 Å². The van der Waals surface area contributed by atoms with Gasteiger partial charge in [-0.25, -0.2) is 0 Å². The highest BCUT2D eigenvalue weighted by Crippen LogP contribution is 2.41. The largest absolute Gasteiger partial charge is 0.416 e. The maximum absolute atomic E-state index is 13.5. The summed E-state index contributed by atoms with van der Waals surface area (Å²) >= 11 is 12.7. The molecule has 45 heavy (non-hydrogen) atoms. The molecule has 1 unspecified atom stereocenters. The number of piperidine rings is 1. The summed E-state index contributed by atoms with van der Waals surface area (Å²) < 4.78 is 80.7. The van der Waals surface area contributed by atoms with Gasteiger partial charge in [0.05, 0.1) is 27.6 Å². The molecule has 1 atom stereocenters. The number of carbonyl (C=O) groups excluding carboxylic acids is 1. The standard InChI is InChI=1S/C33H39Cl2F6N3O/c34-28-8-7-24(21-29(28)35)31(10-12-42-13-15-43(16-14-42)27-5-2-1-3-6-27)9-4-11-44(22-31)30(45)19-23-17-25(32(36,37)38)20-26(18-23)33(39,40)41/h7-8,17-18,20-21,27H,1-6,9-16,19,22H2. The van der Waals surface area contributed by atoms with Gasteiger partial charge in [-0.2, -0.15) is 26.3 Å². The molecule has 2 aromatic carbocycles. The van der Waals surface area contributed by atoms with E-state index in [4.69, 9.17) is 23.2 Å². The highest BCUT2D eigenvalue weighted by Gasteiger charge is 2.41. The number of hydrogen-bond donors (Lipinski definition) is 0. The summed E-state index contributed by atoms with van der Waals surface area (Å²) in [6.07, 6.45) is -1.95. The van der Waals surface area contributed by atoms with Crippen LogP contribution in [-0.4, -0.2) is 72.5 Å². The third kappa shape index (κ3) is 8.48. The van der Waals surface area contributed by atoms with Crippen molar-refractivity contribution in [2.24, 2.45) is 0 Å². The normalized spacial score (nSPS) is 23.0. The van der Waals surface area contributed by atoms with Crippen LogP contribution in [0.3, 0.4) is 0 Å². The van der Waals surface area contributed by atoms with Gasteiger partial charge >= 0.3 is 12.4 Å². The van der Waals surface area contributed by atoms with E-state index in [1.165, 1.54) is 32.1 Å². The molecule has 1 saturated carbocycles. The second-order valence-corrected chi connectivity index (χ2v) is 13.7. The minimum absolute atomic E-state index is 0.0825. The third-order valence-corrected chi connectivity index (χ3v) is 10.6. The molecule has 248 valence electrons. The number of carbonyl (C=O) groups is 1. The van der Waals surface area contributed by atoms with Crippen molar-refractivity contribution in [1.29, 1.82) is 0 Å². The Morgan fingerprint density at radius 1 is 0.800 bits per heavy atom. The molecule has 0 bridgehead atoms. The van der Waals surface area contributed by atoms with Crippen LogP contribution in [0.1, 0.15) is 73.6 Å². The second kappa shape index (κ2) is 14.0. The molecule has 3 fully saturated rings. The van der Waals surface area contributed by atoms with Crippen LogP contribution in [0.4, 0.5) is 26.3 Å². The summed E-state index contributed by atoms with van der Waals surface area (Å²) in [4.78, 5) is 20.2. The molecule has 0 spiro atoms. The lowest BCUT2D eigenvalue weighted by molar-refractivity contribution is -0.143. The molecule has 2 aromatic rings. The van der Waals surface area contributed by atoms with Crippen molar-refractivity contribution < 1.29 is 31.1 Å². The molecule has 12 heteroatoms.